The van der Waals surface area contributed by atoms with Crippen molar-refractivity contribution in [2.24, 2.45) is 0 Å². The van der Waals surface area contributed by atoms with E-state index in [1.54, 1.807) is 0 Å². The number of hydrogen-bond acceptors (Lipinski definition) is 2. The van der Waals surface area contributed by atoms with Crippen LogP contribution in [0.3, 0.4) is 0 Å². The van der Waals surface area contributed by atoms with Crippen LogP contribution in [0.15, 0.2) is 0 Å². The minimum absolute atomic E-state index is 0. The standard InChI is InChI=1S/C13H29NO.C2H6.CH4/c1-2-3-4-5-6-7-8-9-10-11-12-13-14-15;1-2;/h14-15H,2-13H2,1H3;1-2H3;1H4. The van der Waals surface area contributed by atoms with Gasteiger partial charge in [-0.25, -0.2) is 5.48 Å². The summed E-state index contributed by atoms with van der Waals surface area (Å²) in [6.45, 7) is 7.01. The Morgan fingerprint density at radius 2 is 1.00 bits per heavy atom. The highest BCUT2D eigenvalue weighted by Crippen LogP contribution is 2.10. The molecule has 0 saturated carbocycles. The van der Waals surface area contributed by atoms with E-state index >= 15 is 0 Å². The summed E-state index contributed by atoms with van der Waals surface area (Å²) in [5.41, 5.74) is 2.20. The van der Waals surface area contributed by atoms with Crippen molar-refractivity contribution < 1.29 is 5.21 Å². The first kappa shape index (κ1) is 23.0. The third kappa shape index (κ3) is 24.9. The number of hydrogen-bond donors (Lipinski definition) is 2. The van der Waals surface area contributed by atoms with Crippen molar-refractivity contribution in [2.75, 3.05) is 6.54 Å². The molecule has 0 aliphatic carbocycles. The molecule has 2 nitrogen and oxygen atoms in total. The number of unbranched alkanes of at least 4 members (excludes halogenated alkanes) is 10. The van der Waals surface area contributed by atoms with Crippen LogP contribution in [-0.4, -0.2) is 11.8 Å². The molecule has 0 bridgehead atoms. The predicted molar refractivity (Wildman–Crippen MR) is 84.3 cm³/mol. The van der Waals surface area contributed by atoms with E-state index in [1.807, 2.05) is 13.8 Å². The lowest BCUT2D eigenvalue weighted by molar-refractivity contribution is 0.164. The molecule has 0 radical (unpaired) electrons. The summed E-state index contributed by atoms with van der Waals surface area (Å²) in [6, 6.07) is 0. The van der Waals surface area contributed by atoms with E-state index in [0.29, 0.717) is 0 Å². The maximum Gasteiger partial charge on any atom is 0.0207 e. The van der Waals surface area contributed by atoms with Crippen LogP contribution in [0.5, 0.6) is 0 Å². The quantitative estimate of drug-likeness (QED) is 0.336. The molecule has 0 aromatic rings. The topological polar surface area (TPSA) is 32.3 Å². The molecule has 0 rings (SSSR count). The Bertz CT molecular complexity index is 95.3. The SMILES string of the molecule is C.CC.CCCCCCCCCCCCCNO. The Hall–Kier alpha value is -0.0800. The van der Waals surface area contributed by atoms with Gasteiger partial charge >= 0.3 is 0 Å². The number of nitrogens with one attached hydrogen (secondary N) is 1. The van der Waals surface area contributed by atoms with Crippen LogP contribution in [0.1, 0.15) is 98.8 Å². The first-order chi connectivity index (χ1) is 8.41. The summed E-state index contributed by atoms with van der Waals surface area (Å²) in [5, 5.41) is 8.36. The van der Waals surface area contributed by atoms with E-state index < -0.39 is 0 Å². The Morgan fingerprint density at radius 3 is 1.33 bits per heavy atom. The van der Waals surface area contributed by atoms with Gasteiger partial charge in [-0.1, -0.05) is 92.4 Å². The van der Waals surface area contributed by atoms with E-state index in [1.165, 1.54) is 64.2 Å². The van der Waals surface area contributed by atoms with Gasteiger partial charge in [0.15, 0.2) is 0 Å². The largest absolute Gasteiger partial charge is 0.317 e. The Balaban J connectivity index is -0.000000709. The minimum Gasteiger partial charge on any atom is -0.317 e. The molecule has 0 aliphatic rings. The zero-order valence-corrected chi connectivity index (χ0v) is 12.4. The summed E-state index contributed by atoms with van der Waals surface area (Å²) in [5.74, 6) is 0. The van der Waals surface area contributed by atoms with Gasteiger partial charge in [-0.2, -0.15) is 0 Å². The zero-order valence-electron chi connectivity index (χ0n) is 12.4. The van der Waals surface area contributed by atoms with E-state index in [9.17, 15) is 0 Å². The molecule has 0 saturated heterocycles. The van der Waals surface area contributed by atoms with Crippen LogP contribution in [0.25, 0.3) is 0 Å². The third-order valence-corrected chi connectivity index (χ3v) is 2.89. The van der Waals surface area contributed by atoms with Crippen molar-refractivity contribution in [1.29, 1.82) is 0 Å². The van der Waals surface area contributed by atoms with Gasteiger partial charge in [0.05, 0.1) is 0 Å². The van der Waals surface area contributed by atoms with Crippen molar-refractivity contribution >= 4 is 0 Å². The highest BCUT2D eigenvalue weighted by molar-refractivity contribution is 4.48. The van der Waals surface area contributed by atoms with E-state index in [0.717, 1.165) is 13.0 Å². The lowest BCUT2D eigenvalue weighted by Crippen LogP contribution is -2.07. The molecule has 0 aliphatic heterocycles. The molecule has 2 N–H and O–H groups in total. The Kier molecular flexibility index (Phi) is 32.9. The van der Waals surface area contributed by atoms with Crippen molar-refractivity contribution in [1.82, 2.24) is 5.48 Å². The molecule has 0 atom stereocenters. The smallest absolute Gasteiger partial charge is 0.0207 e. The van der Waals surface area contributed by atoms with Gasteiger partial charge in [-0.3, -0.25) is 0 Å². The normalized spacial score (nSPS) is 9.33. The van der Waals surface area contributed by atoms with Gasteiger partial charge in [0.1, 0.15) is 0 Å². The highest BCUT2D eigenvalue weighted by Gasteiger charge is 1.92. The Morgan fingerprint density at radius 1 is 0.667 bits per heavy atom. The summed E-state index contributed by atoms with van der Waals surface area (Å²) in [6.07, 6.45) is 14.9. The second kappa shape index (κ2) is 25.7. The van der Waals surface area contributed by atoms with Crippen molar-refractivity contribution in [3.05, 3.63) is 0 Å². The fraction of sp³-hybridized carbons (Fsp3) is 1.00. The van der Waals surface area contributed by atoms with Gasteiger partial charge < -0.3 is 5.21 Å². The second-order valence-corrected chi connectivity index (χ2v) is 4.44. The predicted octanol–water partition coefficient (Wildman–Crippen LogP) is 5.94. The van der Waals surface area contributed by atoms with Crippen LogP contribution in [0.2, 0.25) is 0 Å². The first-order valence-electron chi connectivity index (χ1n) is 7.78. The first-order valence-corrected chi connectivity index (χ1v) is 7.78. The van der Waals surface area contributed by atoms with E-state index in [-0.39, 0.29) is 7.43 Å². The van der Waals surface area contributed by atoms with Crippen molar-refractivity contribution in [3.8, 4) is 0 Å². The molecule has 0 unspecified atom stereocenters. The second-order valence-electron chi connectivity index (χ2n) is 4.44. The van der Waals surface area contributed by atoms with Gasteiger partial charge in [0.25, 0.3) is 0 Å². The maximum atomic E-state index is 8.36. The molecular weight excluding hydrogens is 222 g/mol. The summed E-state index contributed by atoms with van der Waals surface area (Å²) < 4.78 is 0. The van der Waals surface area contributed by atoms with Crippen LogP contribution in [0, 0.1) is 0 Å². The van der Waals surface area contributed by atoms with Crippen LogP contribution in [-0.2, 0) is 0 Å². The van der Waals surface area contributed by atoms with Gasteiger partial charge in [-0.05, 0) is 6.42 Å². The minimum atomic E-state index is 0. The molecule has 0 fully saturated rings. The molecular formula is C16H39NO. The monoisotopic (exact) mass is 261 g/mol. The van der Waals surface area contributed by atoms with E-state index in [2.05, 4.69) is 12.4 Å². The molecule has 0 spiro atoms. The average molecular weight is 261 g/mol. The molecule has 114 valence electrons. The summed E-state index contributed by atoms with van der Waals surface area (Å²) >= 11 is 0. The van der Waals surface area contributed by atoms with Gasteiger partial charge in [0, 0.05) is 6.54 Å². The van der Waals surface area contributed by atoms with Gasteiger partial charge in [0.2, 0.25) is 0 Å². The number of rotatable bonds is 12. The third-order valence-electron chi connectivity index (χ3n) is 2.89. The fourth-order valence-electron chi connectivity index (χ4n) is 1.87. The highest BCUT2D eigenvalue weighted by atomic mass is 16.5. The van der Waals surface area contributed by atoms with E-state index in [4.69, 9.17) is 5.21 Å². The zero-order chi connectivity index (χ0) is 13.2. The molecule has 0 aromatic carbocycles. The fourth-order valence-corrected chi connectivity index (χ4v) is 1.87. The van der Waals surface area contributed by atoms with Gasteiger partial charge in [-0.15, -0.1) is 0 Å². The van der Waals surface area contributed by atoms with Crippen molar-refractivity contribution in [2.45, 2.75) is 98.8 Å². The van der Waals surface area contributed by atoms with Crippen LogP contribution < -0.4 is 5.48 Å². The van der Waals surface area contributed by atoms with Crippen LogP contribution >= 0.6 is 0 Å². The molecule has 0 aromatic heterocycles. The molecule has 0 heterocycles. The summed E-state index contributed by atoms with van der Waals surface area (Å²) in [4.78, 5) is 0. The lowest BCUT2D eigenvalue weighted by atomic mass is 10.1. The molecule has 0 amide bonds. The maximum absolute atomic E-state index is 8.36. The number of hydroxylamine groups is 1. The average Bonchev–Trinajstić information content (AvgIpc) is 2.38. The van der Waals surface area contributed by atoms with Crippen molar-refractivity contribution in [3.63, 3.8) is 0 Å². The Labute approximate surface area is 117 Å². The molecule has 2 heteroatoms. The lowest BCUT2D eigenvalue weighted by Gasteiger charge is -2.02. The molecule has 18 heavy (non-hydrogen) atoms. The summed E-state index contributed by atoms with van der Waals surface area (Å²) in [7, 11) is 0. The van der Waals surface area contributed by atoms with Crippen LogP contribution in [0.4, 0.5) is 0 Å².